The Labute approximate surface area is 179 Å². The van der Waals surface area contributed by atoms with Crippen LogP contribution in [0.15, 0.2) is 54.6 Å². The number of carboxylic acids is 1. The molecule has 111 valence electrons. The van der Waals surface area contributed by atoms with E-state index < -0.39 is 12.1 Å². The van der Waals surface area contributed by atoms with Crippen LogP contribution in [0, 0.1) is 0 Å². The zero-order chi connectivity index (χ0) is 15.1. The molecule has 2 aromatic carbocycles. The minimum absolute atomic E-state index is 0. The fourth-order valence-corrected chi connectivity index (χ4v) is 1.95. The van der Waals surface area contributed by atoms with Crippen molar-refractivity contribution in [3.05, 3.63) is 65.7 Å². The predicted molar refractivity (Wildman–Crippen MR) is 85.1 cm³/mol. The molecule has 0 heterocycles. The summed E-state index contributed by atoms with van der Waals surface area (Å²) < 4.78 is 10.6. The number of carboxylic acid groups (broad SMARTS) is 1. The standard InChI is InChI=1S/C17H18O4.Rb/c1-20-16(17(18)19)11-13-7-9-15(10-8-13)21-12-14-5-3-2-4-6-14;/h2-10,16H,11-12H2,1H3,(H,18,19);. The molecule has 1 unspecified atom stereocenters. The zero-order valence-electron chi connectivity index (χ0n) is 12.9. The summed E-state index contributed by atoms with van der Waals surface area (Å²) in [6.45, 7) is 0.510. The van der Waals surface area contributed by atoms with Gasteiger partial charge in [-0.05, 0) is 23.3 Å². The van der Waals surface area contributed by atoms with Gasteiger partial charge in [0.15, 0.2) is 6.10 Å². The normalized spacial score (nSPS) is 11.3. The van der Waals surface area contributed by atoms with Gasteiger partial charge in [-0.15, -0.1) is 0 Å². The molecule has 0 spiro atoms. The Morgan fingerprint density at radius 2 is 1.68 bits per heavy atom. The maximum atomic E-state index is 10.9. The molecule has 1 radical (unpaired) electrons. The molecular weight excluding hydrogens is 354 g/mol. The summed E-state index contributed by atoms with van der Waals surface area (Å²) in [7, 11) is 1.40. The predicted octanol–water partition coefficient (Wildman–Crippen LogP) is 2.53. The van der Waals surface area contributed by atoms with Crippen molar-refractivity contribution in [2.75, 3.05) is 7.11 Å². The molecule has 0 aliphatic rings. The van der Waals surface area contributed by atoms with Gasteiger partial charge < -0.3 is 14.6 Å². The molecule has 0 aromatic heterocycles. The molecule has 1 N–H and O–H groups in total. The molecule has 0 saturated heterocycles. The number of aliphatic carboxylic acids is 1. The summed E-state index contributed by atoms with van der Waals surface area (Å²) in [4.78, 5) is 10.9. The Kier molecular flexibility index (Phi) is 9.13. The van der Waals surface area contributed by atoms with Crippen LogP contribution in [0.3, 0.4) is 0 Å². The summed E-state index contributed by atoms with van der Waals surface area (Å²) in [5.74, 6) is -0.200. The first kappa shape index (κ1) is 19.5. The number of carbonyl (C=O) groups is 1. The van der Waals surface area contributed by atoms with E-state index in [4.69, 9.17) is 14.6 Å². The van der Waals surface area contributed by atoms with Gasteiger partial charge in [0.05, 0.1) is 0 Å². The molecule has 0 bridgehead atoms. The second kappa shape index (κ2) is 10.3. The largest absolute Gasteiger partial charge is 0.489 e. The van der Waals surface area contributed by atoms with Gasteiger partial charge in [-0.25, -0.2) is 4.79 Å². The van der Waals surface area contributed by atoms with Crippen LogP contribution in [-0.4, -0.2) is 82.5 Å². The fraction of sp³-hybridized carbons (Fsp3) is 0.235. The molecule has 0 aliphatic heterocycles. The first-order valence-electron chi connectivity index (χ1n) is 6.70. The molecule has 22 heavy (non-hydrogen) atoms. The second-order valence-corrected chi connectivity index (χ2v) is 4.68. The summed E-state index contributed by atoms with van der Waals surface area (Å²) in [6.07, 6.45) is -0.480. The summed E-state index contributed by atoms with van der Waals surface area (Å²) in [6, 6.07) is 17.3. The molecule has 2 rings (SSSR count). The van der Waals surface area contributed by atoms with Gasteiger partial charge in [-0.1, -0.05) is 42.5 Å². The second-order valence-electron chi connectivity index (χ2n) is 4.68. The molecule has 2 aromatic rings. The Balaban J connectivity index is 0.00000242. The van der Waals surface area contributed by atoms with Crippen molar-refractivity contribution in [3.63, 3.8) is 0 Å². The third-order valence-corrected chi connectivity index (χ3v) is 3.15. The molecule has 0 fully saturated rings. The maximum Gasteiger partial charge on any atom is 0.333 e. The van der Waals surface area contributed by atoms with Crippen molar-refractivity contribution in [1.82, 2.24) is 0 Å². The van der Waals surface area contributed by atoms with E-state index in [0.29, 0.717) is 13.0 Å². The van der Waals surface area contributed by atoms with Crippen molar-refractivity contribution in [2.45, 2.75) is 19.1 Å². The molecule has 0 saturated carbocycles. The van der Waals surface area contributed by atoms with Gasteiger partial charge in [0.1, 0.15) is 12.4 Å². The smallest absolute Gasteiger partial charge is 0.333 e. The average Bonchev–Trinajstić information content (AvgIpc) is 2.52. The van der Waals surface area contributed by atoms with E-state index in [-0.39, 0.29) is 58.2 Å². The number of hydrogen-bond acceptors (Lipinski definition) is 3. The molecule has 5 heteroatoms. The SMILES string of the molecule is COC(Cc1ccc(OCc2ccccc2)cc1)C(=O)O.[Rb]. The van der Waals surface area contributed by atoms with Crippen LogP contribution in [0.4, 0.5) is 0 Å². The van der Waals surface area contributed by atoms with Gasteiger partial charge in [-0.2, -0.15) is 0 Å². The Bertz CT molecular complexity index is 569. The van der Waals surface area contributed by atoms with Crippen LogP contribution in [0.5, 0.6) is 5.75 Å². The van der Waals surface area contributed by atoms with Gasteiger partial charge in [-0.3, -0.25) is 0 Å². The third-order valence-electron chi connectivity index (χ3n) is 3.15. The summed E-state index contributed by atoms with van der Waals surface area (Å²) in [5.41, 5.74) is 2.00. The van der Waals surface area contributed by atoms with Gasteiger partial charge in [0.25, 0.3) is 0 Å². The van der Waals surface area contributed by atoms with E-state index in [1.165, 1.54) is 7.11 Å². The summed E-state index contributed by atoms with van der Waals surface area (Å²) >= 11 is 0. The average molecular weight is 372 g/mol. The van der Waals surface area contributed by atoms with E-state index in [2.05, 4.69) is 0 Å². The summed E-state index contributed by atoms with van der Waals surface area (Å²) in [5, 5.41) is 8.95. The number of methoxy groups -OCH3 is 1. The van der Waals surface area contributed by atoms with Crippen LogP contribution >= 0.6 is 0 Å². The fourth-order valence-electron chi connectivity index (χ4n) is 1.95. The van der Waals surface area contributed by atoms with Crippen molar-refractivity contribution in [2.24, 2.45) is 0 Å². The van der Waals surface area contributed by atoms with E-state index in [0.717, 1.165) is 16.9 Å². The van der Waals surface area contributed by atoms with E-state index in [1.807, 2.05) is 54.6 Å². The van der Waals surface area contributed by atoms with Crippen LogP contribution in [0.1, 0.15) is 11.1 Å². The zero-order valence-corrected chi connectivity index (χ0v) is 17.8. The van der Waals surface area contributed by atoms with E-state index in [9.17, 15) is 4.79 Å². The van der Waals surface area contributed by atoms with Crippen LogP contribution in [0.2, 0.25) is 0 Å². The molecular formula is C17H18O4Rb. The molecule has 1 atom stereocenters. The van der Waals surface area contributed by atoms with Crippen molar-refractivity contribution in [1.29, 1.82) is 0 Å². The quantitative estimate of drug-likeness (QED) is 0.812. The van der Waals surface area contributed by atoms with Crippen molar-refractivity contribution in [3.8, 4) is 5.75 Å². The molecule has 0 aliphatic carbocycles. The minimum atomic E-state index is -0.957. The number of benzene rings is 2. The van der Waals surface area contributed by atoms with Crippen molar-refractivity contribution >= 4 is 64.2 Å². The van der Waals surface area contributed by atoms with Gasteiger partial charge in [0.2, 0.25) is 0 Å². The number of hydrogen-bond donors (Lipinski definition) is 1. The Morgan fingerprint density at radius 3 is 2.23 bits per heavy atom. The van der Waals surface area contributed by atoms with E-state index >= 15 is 0 Å². The van der Waals surface area contributed by atoms with E-state index in [1.54, 1.807) is 0 Å². The maximum absolute atomic E-state index is 10.9. The van der Waals surface area contributed by atoms with Gasteiger partial charge >= 0.3 is 5.97 Å². The van der Waals surface area contributed by atoms with Crippen LogP contribution in [-0.2, 0) is 22.6 Å². The number of ether oxygens (including phenoxy) is 2. The third kappa shape index (κ3) is 6.30. The first-order valence-corrected chi connectivity index (χ1v) is 6.70. The molecule has 0 amide bonds. The van der Waals surface area contributed by atoms with Crippen molar-refractivity contribution < 1.29 is 19.4 Å². The van der Waals surface area contributed by atoms with Crippen LogP contribution in [0.25, 0.3) is 0 Å². The Morgan fingerprint density at radius 1 is 1.05 bits per heavy atom. The topological polar surface area (TPSA) is 55.8 Å². The number of rotatable bonds is 7. The van der Waals surface area contributed by atoms with Crippen LogP contribution < -0.4 is 4.74 Å². The minimum Gasteiger partial charge on any atom is -0.489 e. The van der Waals surface area contributed by atoms with Gasteiger partial charge in [0, 0.05) is 71.7 Å². The monoisotopic (exact) mass is 371 g/mol. The first-order chi connectivity index (χ1) is 10.2. The Hall–Kier alpha value is -0.525. The molecule has 4 nitrogen and oxygen atoms in total.